The van der Waals surface area contributed by atoms with Crippen molar-refractivity contribution < 1.29 is 4.79 Å². The third-order valence-electron chi connectivity index (χ3n) is 3.11. The summed E-state index contributed by atoms with van der Waals surface area (Å²) in [7, 11) is 0. The van der Waals surface area contributed by atoms with Crippen LogP contribution in [0.5, 0.6) is 0 Å². The Balaban J connectivity index is 2.06. The van der Waals surface area contributed by atoms with E-state index in [1.54, 1.807) is 18.5 Å². The summed E-state index contributed by atoms with van der Waals surface area (Å²) in [6, 6.07) is 3.36. The van der Waals surface area contributed by atoms with Crippen molar-refractivity contribution in [3.63, 3.8) is 0 Å². The van der Waals surface area contributed by atoms with Gasteiger partial charge in [0, 0.05) is 17.8 Å². The van der Waals surface area contributed by atoms with E-state index in [0.29, 0.717) is 17.9 Å². The van der Waals surface area contributed by atoms with Crippen molar-refractivity contribution in [2.24, 2.45) is 0 Å². The van der Waals surface area contributed by atoms with E-state index in [-0.39, 0.29) is 5.91 Å². The smallest absolute Gasteiger partial charge is 0.251 e. The number of hydrogen-bond acceptors (Lipinski definition) is 5. The average Bonchev–Trinajstić information content (AvgIpc) is 2.92. The third-order valence-corrected chi connectivity index (χ3v) is 3.11. The maximum absolute atomic E-state index is 12.2. The lowest BCUT2D eigenvalue weighted by molar-refractivity contribution is 0.0949. The van der Waals surface area contributed by atoms with Gasteiger partial charge in [0.25, 0.3) is 5.91 Å². The lowest BCUT2D eigenvalue weighted by Gasteiger charge is -2.08. The summed E-state index contributed by atoms with van der Waals surface area (Å²) in [6.45, 7) is 5.15. The van der Waals surface area contributed by atoms with Crippen molar-refractivity contribution in [1.29, 1.82) is 0 Å². The number of hydrogen-bond donors (Lipinski definition) is 2. The van der Waals surface area contributed by atoms with Gasteiger partial charge in [-0.05, 0) is 25.5 Å². The molecule has 0 aromatic carbocycles. The van der Waals surface area contributed by atoms with Gasteiger partial charge < -0.3 is 15.6 Å². The Bertz CT molecular complexity index is 622. The van der Waals surface area contributed by atoms with Crippen LogP contribution in [-0.4, -0.2) is 25.7 Å². The predicted octanol–water partition coefficient (Wildman–Crippen LogP) is 1.16. The Kier molecular flexibility index (Phi) is 4.86. The van der Waals surface area contributed by atoms with Gasteiger partial charge in [-0.25, -0.2) is 4.98 Å². The highest BCUT2D eigenvalue weighted by molar-refractivity contribution is 5.94. The van der Waals surface area contributed by atoms with E-state index in [2.05, 4.69) is 27.4 Å². The first-order chi connectivity index (χ1) is 10.1. The number of pyridine rings is 1. The van der Waals surface area contributed by atoms with Gasteiger partial charge in [0.15, 0.2) is 5.82 Å². The topological polar surface area (TPSA) is 98.7 Å². The molecule has 112 valence electrons. The van der Waals surface area contributed by atoms with E-state index in [1.807, 2.05) is 11.5 Å². The van der Waals surface area contributed by atoms with Crippen LogP contribution in [0.4, 0.5) is 5.82 Å². The summed E-state index contributed by atoms with van der Waals surface area (Å²) in [5, 5.41) is 10.6. The molecular formula is C14H20N6O. The summed E-state index contributed by atoms with van der Waals surface area (Å²) in [5.41, 5.74) is 7.10. The van der Waals surface area contributed by atoms with Crippen molar-refractivity contribution in [2.45, 2.75) is 39.8 Å². The third kappa shape index (κ3) is 3.77. The number of amides is 1. The van der Waals surface area contributed by atoms with Gasteiger partial charge in [-0.2, -0.15) is 0 Å². The summed E-state index contributed by atoms with van der Waals surface area (Å²) in [6.07, 6.45) is 3.40. The molecule has 0 saturated carbocycles. The van der Waals surface area contributed by atoms with Crippen molar-refractivity contribution in [3.05, 3.63) is 35.5 Å². The molecule has 0 saturated heterocycles. The predicted molar refractivity (Wildman–Crippen MR) is 79.5 cm³/mol. The van der Waals surface area contributed by atoms with Gasteiger partial charge in [0.1, 0.15) is 12.1 Å². The first kappa shape index (κ1) is 15.0. The zero-order chi connectivity index (χ0) is 15.2. The number of nitrogens with two attached hydrogens (primary N) is 1. The minimum atomic E-state index is -0.188. The Morgan fingerprint density at radius 1 is 1.38 bits per heavy atom. The average molecular weight is 288 g/mol. The number of aromatic nitrogens is 4. The van der Waals surface area contributed by atoms with E-state index in [0.717, 1.165) is 30.9 Å². The first-order valence-corrected chi connectivity index (χ1v) is 7.05. The lowest BCUT2D eigenvalue weighted by Crippen LogP contribution is -2.25. The minimum Gasteiger partial charge on any atom is -0.384 e. The van der Waals surface area contributed by atoms with Gasteiger partial charge in [-0.3, -0.25) is 4.79 Å². The standard InChI is InChI=1S/C14H20N6O/c1-3-5-11-6-10(7-12(15)18-11)14(21)16-8-13-19-17-9-20(13)4-2/h6-7,9H,3-5,8H2,1-2H3,(H2,15,18)(H,16,21). The Hall–Kier alpha value is -2.44. The van der Waals surface area contributed by atoms with Gasteiger partial charge in [-0.1, -0.05) is 13.3 Å². The number of carbonyl (C=O) groups excluding carboxylic acids is 1. The number of carbonyl (C=O) groups is 1. The molecule has 0 spiro atoms. The first-order valence-electron chi connectivity index (χ1n) is 7.05. The molecule has 0 unspecified atom stereocenters. The van der Waals surface area contributed by atoms with E-state index < -0.39 is 0 Å². The molecule has 7 nitrogen and oxygen atoms in total. The molecule has 2 rings (SSSR count). The van der Waals surface area contributed by atoms with Crippen LogP contribution in [0.15, 0.2) is 18.5 Å². The molecule has 2 heterocycles. The zero-order valence-corrected chi connectivity index (χ0v) is 12.3. The monoisotopic (exact) mass is 288 g/mol. The van der Waals surface area contributed by atoms with Gasteiger partial charge >= 0.3 is 0 Å². The highest BCUT2D eigenvalue weighted by Crippen LogP contribution is 2.10. The Labute approximate surface area is 123 Å². The van der Waals surface area contributed by atoms with Gasteiger partial charge in [0.2, 0.25) is 0 Å². The number of aryl methyl sites for hydroxylation is 2. The molecule has 0 aliphatic rings. The molecule has 3 N–H and O–H groups in total. The number of rotatable bonds is 6. The number of nitrogens with zero attached hydrogens (tertiary/aromatic N) is 4. The van der Waals surface area contributed by atoms with Crippen LogP contribution in [0.1, 0.15) is 42.1 Å². The molecule has 2 aromatic heterocycles. The summed E-state index contributed by atoms with van der Waals surface area (Å²) >= 11 is 0. The summed E-state index contributed by atoms with van der Waals surface area (Å²) in [5.74, 6) is 0.900. The van der Waals surface area contributed by atoms with Crippen LogP contribution in [0.3, 0.4) is 0 Å². The second-order valence-electron chi connectivity index (χ2n) is 4.74. The van der Waals surface area contributed by atoms with Crippen molar-refractivity contribution in [1.82, 2.24) is 25.1 Å². The molecule has 0 fully saturated rings. The highest BCUT2D eigenvalue weighted by Gasteiger charge is 2.10. The Morgan fingerprint density at radius 2 is 2.19 bits per heavy atom. The molecule has 0 atom stereocenters. The number of anilines is 1. The summed E-state index contributed by atoms with van der Waals surface area (Å²) < 4.78 is 1.88. The normalized spacial score (nSPS) is 10.6. The molecule has 7 heteroatoms. The maximum Gasteiger partial charge on any atom is 0.251 e. The van der Waals surface area contributed by atoms with Crippen molar-refractivity contribution in [3.8, 4) is 0 Å². The van der Waals surface area contributed by atoms with Crippen molar-refractivity contribution >= 4 is 11.7 Å². The lowest BCUT2D eigenvalue weighted by atomic mass is 10.1. The molecule has 0 aliphatic carbocycles. The zero-order valence-electron chi connectivity index (χ0n) is 12.3. The van der Waals surface area contributed by atoms with Crippen molar-refractivity contribution in [2.75, 3.05) is 5.73 Å². The molecule has 0 bridgehead atoms. The largest absolute Gasteiger partial charge is 0.384 e. The highest BCUT2D eigenvalue weighted by atomic mass is 16.1. The van der Waals surface area contributed by atoms with Crippen LogP contribution in [0, 0.1) is 0 Å². The molecule has 1 amide bonds. The second-order valence-corrected chi connectivity index (χ2v) is 4.74. The van der Waals surface area contributed by atoms with Crippen LogP contribution in [0.2, 0.25) is 0 Å². The molecule has 2 aromatic rings. The van der Waals surface area contributed by atoms with Crippen LogP contribution in [0.25, 0.3) is 0 Å². The van der Waals surface area contributed by atoms with Crippen LogP contribution >= 0.6 is 0 Å². The van der Waals surface area contributed by atoms with E-state index in [4.69, 9.17) is 5.73 Å². The SMILES string of the molecule is CCCc1cc(C(=O)NCc2nncn2CC)cc(N)n1. The molecular weight excluding hydrogens is 268 g/mol. The molecule has 0 radical (unpaired) electrons. The number of nitrogen functional groups attached to an aromatic ring is 1. The van der Waals surface area contributed by atoms with E-state index in [1.165, 1.54) is 0 Å². The van der Waals surface area contributed by atoms with E-state index in [9.17, 15) is 4.79 Å². The fraction of sp³-hybridized carbons (Fsp3) is 0.429. The summed E-state index contributed by atoms with van der Waals surface area (Å²) in [4.78, 5) is 16.4. The van der Waals surface area contributed by atoms with Crippen LogP contribution < -0.4 is 11.1 Å². The van der Waals surface area contributed by atoms with Gasteiger partial charge in [0.05, 0.1) is 6.54 Å². The quantitative estimate of drug-likeness (QED) is 0.831. The fourth-order valence-electron chi connectivity index (χ4n) is 2.07. The Morgan fingerprint density at radius 3 is 2.90 bits per heavy atom. The maximum atomic E-state index is 12.2. The van der Waals surface area contributed by atoms with Crippen LogP contribution in [-0.2, 0) is 19.5 Å². The number of nitrogens with one attached hydrogen (secondary N) is 1. The second kappa shape index (κ2) is 6.83. The fourth-order valence-corrected chi connectivity index (χ4v) is 2.07. The molecule has 0 aliphatic heterocycles. The van der Waals surface area contributed by atoms with E-state index >= 15 is 0 Å². The molecule has 21 heavy (non-hydrogen) atoms. The van der Waals surface area contributed by atoms with Gasteiger partial charge in [-0.15, -0.1) is 10.2 Å². The minimum absolute atomic E-state index is 0.188.